The van der Waals surface area contributed by atoms with Crippen molar-refractivity contribution < 1.29 is 14.3 Å². The Morgan fingerprint density at radius 3 is 2.62 bits per heavy atom. The molecule has 4 aromatic rings. The van der Waals surface area contributed by atoms with Crippen molar-refractivity contribution in [1.29, 1.82) is 0 Å². The van der Waals surface area contributed by atoms with Gasteiger partial charge in [-0.2, -0.15) is 10.1 Å². The highest BCUT2D eigenvalue weighted by Gasteiger charge is 2.41. The molecule has 0 amide bonds. The molecule has 0 bridgehead atoms. The summed E-state index contributed by atoms with van der Waals surface area (Å²) in [7, 11) is 1.37. The van der Waals surface area contributed by atoms with Crippen LogP contribution < -0.4 is 10.1 Å². The van der Waals surface area contributed by atoms with Crippen molar-refractivity contribution in [3.63, 3.8) is 0 Å². The summed E-state index contributed by atoms with van der Waals surface area (Å²) in [6.45, 7) is 0. The Balaban J connectivity index is 1.57. The lowest BCUT2D eigenvalue weighted by atomic mass is 9.84. The normalized spacial score (nSPS) is 18.2. The van der Waals surface area contributed by atoms with Gasteiger partial charge in [0, 0.05) is 16.2 Å². The minimum atomic E-state index is -0.439. The van der Waals surface area contributed by atoms with Crippen LogP contribution in [0.5, 0.6) is 5.75 Å². The molecular weight excluding hydrogens is 452 g/mol. The second kappa shape index (κ2) is 8.04. The van der Waals surface area contributed by atoms with Crippen molar-refractivity contribution in [2.75, 3.05) is 12.4 Å². The van der Waals surface area contributed by atoms with Crippen LogP contribution in [0.15, 0.2) is 84.7 Å². The van der Waals surface area contributed by atoms with Crippen LogP contribution in [-0.4, -0.2) is 27.8 Å². The molecule has 8 heteroatoms. The van der Waals surface area contributed by atoms with Crippen LogP contribution in [-0.2, 0) is 4.74 Å². The standard InChI is InChI=1S/C26H19ClN4O3/c1-33-25(32)17-9-7-16(8-10-17)24-21-22(19-13-18(27)11-12-20(19)34-24)30-26-28-14-29-31(26)23(21)15-5-3-2-4-6-15/h2-14,23-24H,1H3,(H,28,29,30)/t23-,24-/m1/s1. The van der Waals surface area contributed by atoms with Gasteiger partial charge in [0.15, 0.2) is 0 Å². The highest BCUT2D eigenvalue weighted by Crippen LogP contribution is 2.50. The van der Waals surface area contributed by atoms with E-state index in [0.717, 1.165) is 28.0 Å². The summed E-state index contributed by atoms with van der Waals surface area (Å²) in [5.74, 6) is 0.961. The molecule has 0 fully saturated rings. The minimum absolute atomic E-state index is 0.257. The van der Waals surface area contributed by atoms with Gasteiger partial charge in [0.05, 0.1) is 18.4 Å². The van der Waals surface area contributed by atoms with Gasteiger partial charge in [0.2, 0.25) is 5.95 Å². The highest BCUT2D eigenvalue weighted by molar-refractivity contribution is 6.30. The smallest absolute Gasteiger partial charge is 0.337 e. The van der Waals surface area contributed by atoms with Crippen LogP contribution in [0.4, 0.5) is 5.95 Å². The fraction of sp³-hybridized carbons (Fsp3) is 0.115. The molecule has 1 N–H and O–H groups in total. The second-order valence-electron chi connectivity index (χ2n) is 8.05. The fourth-order valence-electron chi connectivity index (χ4n) is 4.58. The van der Waals surface area contributed by atoms with Crippen molar-refractivity contribution in [1.82, 2.24) is 14.8 Å². The summed E-state index contributed by atoms with van der Waals surface area (Å²) in [4.78, 5) is 16.4. The number of carbonyl (C=O) groups is 1. The Morgan fingerprint density at radius 2 is 1.85 bits per heavy atom. The molecule has 0 saturated carbocycles. The lowest BCUT2D eigenvalue weighted by molar-refractivity contribution is 0.0600. The molecule has 7 nitrogen and oxygen atoms in total. The number of aromatic nitrogens is 3. The predicted octanol–water partition coefficient (Wildman–Crippen LogP) is 5.28. The van der Waals surface area contributed by atoms with E-state index in [1.807, 2.05) is 53.2 Å². The van der Waals surface area contributed by atoms with Crippen molar-refractivity contribution in [3.8, 4) is 5.75 Å². The Bertz CT molecular complexity index is 1430. The van der Waals surface area contributed by atoms with Crippen LogP contribution >= 0.6 is 11.6 Å². The Kier molecular flexibility index (Phi) is 4.85. The summed E-state index contributed by atoms with van der Waals surface area (Å²) in [5, 5.41) is 8.59. The van der Waals surface area contributed by atoms with E-state index in [1.165, 1.54) is 13.4 Å². The lowest BCUT2D eigenvalue weighted by Gasteiger charge is -2.39. The average Bonchev–Trinajstić information content (AvgIpc) is 3.35. The van der Waals surface area contributed by atoms with Gasteiger partial charge in [-0.15, -0.1) is 0 Å². The van der Waals surface area contributed by atoms with Gasteiger partial charge in [-0.25, -0.2) is 9.48 Å². The van der Waals surface area contributed by atoms with Crippen LogP contribution in [0.1, 0.15) is 39.2 Å². The molecule has 0 aliphatic carbocycles. The first-order valence-electron chi connectivity index (χ1n) is 10.7. The van der Waals surface area contributed by atoms with E-state index < -0.39 is 6.10 Å². The van der Waals surface area contributed by atoms with Gasteiger partial charge in [0.25, 0.3) is 0 Å². The number of fused-ring (bicyclic) bond motifs is 3. The summed E-state index contributed by atoms with van der Waals surface area (Å²) in [6, 6.07) is 22.7. The van der Waals surface area contributed by atoms with Crippen LogP contribution in [0.2, 0.25) is 5.02 Å². The number of hydrogen-bond donors (Lipinski definition) is 1. The number of methoxy groups -OCH3 is 1. The lowest BCUT2D eigenvalue weighted by Crippen LogP contribution is -2.32. The molecule has 6 rings (SSSR count). The molecule has 2 aliphatic rings. The summed E-state index contributed by atoms with van der Waals surface area (Å²) in [5.41, 5.74) is 5.15. The van der Waals surface area contributed by atoms with E-state index in [9.17, 15) is 4.79 Å². The number of carbonyl (C=O) groups excluding carboxylic acids is 1. The van der Waals surface area contributed by atoms with Gasteiger partial charge in [-0.05, 0) is 41.5 Å². The first-order chi connectivity index (χ1) is 16.6. The molecule has 34 heavy (non-hydrogen) atoms. The minimum Gasteiger partial charge on any atom is -0.480 e. The topological polar surface area (TPSA) is 78.3 Å². The number of anilines is 1. The van der Waals surface area contributed by atoms with Crippen LogP contribution in [0, 0.1) is 0 Å². The zero-order valence-corrected chi connectivity index (χ0v) is 18.9. The van der Waals surface area contributed by atoms with Gasteiger partial charge in [-0.1, -0.05) is 54.1 Å². The maximum Gasteiger partial charge on any atom is 0.337 e. The van der Waals surface area contributed by atoms with E-state index >= 15 is 0 Å². The summed E-state index contributed by atoms with van der Waals surface area (Å²) in [6.07, 6.45) is 1.10. The zero-order chi connectivity index (χ0) is 23.2. The molecule has 168 valence electrons. The monoisotopic (exact) mass is 470 g/mol. The number of ether oxygens (including phenoxy) is 2. The van der Waals surface area contributed by atoms with E-state index in [2.05, 4.69) is 27.5 Å². The third-order valence-electron chi connectivity index (χ3n) is 6.13. The second-order valence-corrected chi connectivity index (χ2v) is 8.49. The molecule has 0 saturated heterocycles. The number of nitrogens with one attached hydrogen (secondary N) is 1. The maximum atomic E-state index is 12.0. The van der Waals surface area contributed by atoms with Crippen LogP contribution in [0.25, 0.3) is 5.70 Å². The van der Waals surface area contributed by atoms with Crippen molar-refractivity contribution in [2.24, 2.45) is 0 Å². The third-order valence-corrected chi connectivity index (χ3v) is 6.36. The van der Waals surface area contributed by atoms with E-state index in [4.69, 9.17) is 21.1 Å². The molecule has 1 aromatic heterocycles. The SMILES string of the molecule is COC(=O)c1ccc([C@H]2Oc3ccc(Cl)cc3C3=C2[C@@H](c2ccccc2)n2ncnc2N3)cc1. The third kappa shape index (κ3) is 3.24. The molecule has 0 spiro atoms. The molecule has 2 aliphatic heterocycles. The Labute approximate surface area is 200 Å². The predicted molar refractivity (Wildman–Crippen MR) is 128 cm³/mol. The highest BCUT2D eigenvalue weighted by atomic mass is 35.5. The van der Waals surface area contributed by atoms with Crippen molar-refractivity contribution in [3.05, 3.63) is 112 Å². The van der Waals surface area contributed by atoms with Gasteiger partial charge in [-0.3, -0.25) is 0 Å². The molecule has 2 atom stereocenters. The first kappa shape index (κ1) is 20.5. The Hall–Kier alpha value is -4.10. The van der Waals surface area contributed by atoms with Crippen LogP contribution in [0.3, 0.4) is 0 Å². The number of hydrogen-bond acceptors (Lipinski definition) is 6. The molecule has 3 aromatic carbocycles. The number of halogens is 1. The number of esters is 1. The summed E-state index contributed by atoms with van der Waals surface area (Å²) >= 11 is 6.37. The number of rotatable bonds is 3. The molecule has 0 radical (unpaired) electrons. The van der Waals surface area contributed by atoms with E-state index in [1.54, 1.807) is 12.1 Å². The van der Waals surface area contributed by atoms with Gasteiger partial charge >= 0.3 is 5.97 Å². The van der Waals surface area contributed by atoms with E-state index in [-0.39, 0.29) is 12.0 Å². The largest absolute Gasteiger partial charge is 0.480 e. The fourth-order valence-corrected chi connectivity index (χ4v) is 4.76. The zero-order valence-electron chi connectivity index (χ0n) is 18.1. The van der Waals surface area contributed by atoms with Gasteiger partial charge < -0.3 is 14.8 Å². The maximum absolute atomic E-state index is 12.0. The van der Waals surface area contributed by atoms with Crippen molar-refractivity contribution >= 4 is 29.2 Å². The molecule has 3 heterocycles. The average molecular weight is 471 g/mol. The summed E-state index contributed by atoms with van der Waals surface area (Å²) < 4.78 is 13.3. The Morgan fingerprint density at radius 1 is 1.06 bits per heavy atom. The molecular formula is C26H19ClN4O3. The van der Waals surface area contributed by atoms with E-state index in [0.29, 0.717) is 22.3 Å². The number of benzene rings is 3. The van der Waals surface area contributed by atoms with Crippen molar-refractivity contribution in [2.45, 2.75) is 12.1 Å². The quantitative estimate of drug-likeness (QED) is 0.410. The van der Waals surface area contributed by atoms with Gasteiger partial charge in [0.1, 0.15) is 24.2 Å². The molecule has 0 unspecified atom stereocenters. The number of nitrogens with zero attached hydrogens (tertiary/aromatic N) is 3. The first-order valence-corrected chi connectivity index (χ1v) is 11.1.